The smallest absolute Gasteiger partial charge is 0.407 e. The number of carbonyl (C=O) groups is 2. The Hall–Kier alpha value is -2.11. The van der Waals surface area contributed by atoms with Crippen molar-refractivity contribution in [1.82, 2.24) is 10.3 Å². The van der Waals surface area contributed by atoms with Crippen molar-refractivity contribution < 1.29 is 19.1 Å². The number of esters is 1. The summed E-state index contributed by atoms with van der Waals surface area (Å²) < 4.78 is 10.2. The number of amides is 1. The van der Waals surface area contributed by atoms with Crippen molar-refractivity contribution >= 4 is 12.1 Å². The number of ether oxygens (including phenoxy) is 2. The van der Waals surface area contributed by atoms with Gasteiger partial charge in [-0.15, -0.1) is 0 Å². The third-order valence-electron chi connectivity index (χ3n) is 2.21. The lowest BCUT2D eigenvalue weighted by atomic mass is 10.2. The summed E-state index contributed by atoms with van der Waals surface area (Å²) in [5.74, 6) is -0.411. The molecule has 1 heterocycles. The fraction of sp³-hybridized carbons (Fsp3) is 0.533. The van der Waals surface area contributed by atoms with Gasteiger partial charge in [-0.25, -0.2) is 9.59 Å². The number of pyridine rings is 1. The highest BCUT2D eigenvalue weighted by atomic mass is 16.6. The molecule has 0 aromatic carbocycles. The Morgan fingerprint density at radius 2 is 2.00 bits per heavy atom. The van der Waals surface area contributed by atoms with Gasteiger partial charge in [0.25, 0.3) is 0 Å². The molecule has 1 amide bonds. The minimum absolute atomic E-state index is 0.178. The highest BCUT2D eigenvalue weighted by Gasteiger charge is 2.16. The van der Waals surface area contributed by atoms with Gasteiger partial charge in [0.05, 0.1) is 23.9 Å². The fourth-order valence-corrected chi connectivity index (χ4v) is 1.46. The second kappa shape index (κ2) is 7.06. The van der Waals surface area contributed by atoms with Crippen LogP contribution in [0.4, 0.5) is 4.79 Å². The van der Waals surface area contributed by atoms with Crippen LogP contribution >= 0.6 is 0 Å². The van der Waals surface area contributed by atoms with E-state index >= 15 is 0 Å². The molecule has 1 N–H and O–H groups in total. The molecule has 0 radical (unpaired) electrons. The minimum atomic E-state index is -0.555. The van der Waals surface area contributed by atoms with Crippen molar-refractivity contribution in [2.75, 3.05) is 0 Å². The van der Waals surface area contributed by atoms with Crippen LogP contribution in [0.1, 0.15) is 50.7 Å². The molecule has 0 fully saturated rings. The van der Waals surface area contributed by atoms with Crippen LogP contribution in [0.25, 0.3) is 0 Å². The number of alkyl carbamates (subject to hydrolysis) is 1. The number of hydrogen-bond acceptors (Lipinski definition) is 5. The predicted octanol–water partition coefficient (Wildman–Crippen LogP) is 2.67. The number of carbonyl (C=O) groups excluding carboxylic acids is 2. The first-order valence-electron chi connectivity index (χ1n) is 6.80. The molecule has 0 aliphatic rings. The van der Waals surface area contributed by atoms with Crippen molar-refractivity contribution in [3.63, 3.8) is 0 Å². The lowest BCUT2D eigenvalue weighted by molar-refractivity contribution is 0.0377. The number of hydrogen-bond donors (Lipinski definition) is 1. The summed E-state index contributed by atoms with van der Waals surface area (Å²) >= 11 is 0. The number of nitrogens with one attached hydrogen (secondary N) is 1. The molecule has 6 heteroatoms. The van der Waals surface area contributed by atoms with E-state index < -0.39 is 17.7 Å². The molecule has 1 aromatic heterocycles. The second-order valence-corrected chi connectivity index (χ2v) is 5.85. The van der Waals surface area contributed by atoms with Gasteiger partial charge in [0.2, 0.25) is 0 Å². The van der Waals surface area contributed by atoms with Crippen LogP contribution in [-0.2, 0) is 16.0 Å². The van der Waals surface area contributed by atoms with Gasteiger partial charge >= 0.3 is 12.1 Å². The van der Waals surface area contributed by atoms with Gasteiger partial charge in [-0.1, -0.05) is 0 Å². The Morgan fingerprint density at radius 1 is 1.33 bits per heavy atom. The summed E-state index contributed by atoms with van der Waals surface area (Å²) in [4.78, 5) is 27.4. The first-order chi connectivity index (χ1) is 9.67. The van der Waals surface area contributed by atoms with Gasteiger partial charge in [0, 0.05) is 6.20 Å². The van der Waals surface area contributed by atoms with Gasteiger partial charge in [-0.05, 0) is 46.8 Å². The zero-order valence-electron chi connectivity index (χ0n) is 13.1. The van der Waals surface area contributed by atoms with Crippen LogP contribution in [0.15, 0.2) is 18.3 Å². The van der Waals surface area contributed by atoms with Crippen molar-refractivity contribution in [2.45, 2.75) is 52.9 Å². The molecule has 6 nitrogen and oxygen atoms in total. The Kier molecular flexibility index (Phi) is 5.69. The molecule has 0 saturated heterocycles. The van der Waals surface area contributed by atoms with E-state index in [4.69, 9.17) is 9.47 Å². The highest BCUT2D eigenvalue weighted by molar-refractivity contribution is 5.89. The van der Waals surface area contributed by atoms with E-state index in [-0.39, 0.29) is 12.6 Å². The quantitative estimate of drug-likeness (QED) is 0.864. The molecule has 1 aromatic rings. The zero-order chi connectivity index (χ0) is 16.0. The van der Waals surface area contributed by atoms with E-state index in [2.05, 4.69) is 10.3 Å². The van der Waals surface area contributed by atoms with Crippen molar-refractivity contribution in [1.29, 1.82) is 0 Å². The van der Waals surface area contributed by atoms with Crippen LogP contribution in [-0.4, -0.2) is 28.8 Å². The maximum Gasteiger partial charge on any atom is 0.407 e. The number of rotatable bonds is 4. The summed E-state index contributed by atoms with van der Waals surface area (Å²) in [6.07, 6.45) is 0.789. The Balaban J connectivity index is 2.61. The molecule has 0 aliphatic carbocycles. The third kappa shape index (κ3) is 6.74. The van der Waals surface area contributed by atoms with E-state index in [0.29, 0.717) is 11.3 Å². The maximum absolute atomic E-state index is 11.8. The van der Waals surface area contributed by atoms with Crippen LogP contribution < -0.4 is 5.32 Å². The summed E-state index contributed by atoms with van der Waals surface area (Å²) in [7, 11) is 0. The van der Waals surface area contributed by atoms with Crippen molar-refractivity contribution in [3.05, 3.63) is 29.6 Å². The van der Waals surface area contributed by atoms with E-state index in [9.17, 15) is 9.59 Å². The standard InChI is InChI=1S/C15H22N2O4/c1-10(2)20-13(18)11-6-7-16-12(8-11)9-17-14(19)21-15(3,4)5/h6-8,10H,9H2,1-5H3,(H,17,19). The monoisotopic (exact) mass is 294 g/mol. The number of aromatic nitrogens is 1. The first-order valence-corrected chi connectivity index (χ1v) is 6.80. The SMILES string of the molecule is CC(C)OC(=O)c1ccnc(CNC(=O)OC(C)(C)C)c1. The molecule has 0 saturated carbocycles. The first kappa shape index (κ1) is 16.9. The van der Waals surface area contributed by atoms with E-state index in [1.165, 1.54) is 6.20 Å². The molecule has 0 unspecified atom stereocenters. The van der Waals surface area contributed by atoms with Gasteiger partial charge < -0.3 is 14.8 Å². The van der Waals surface area contributed by atoms with Crippen molar-refractivity contribution in [2.24, 2.45) is 0 Å². The second-order valence-electron chi connectivity index (χ2n) is 5.85. The molecule has 116 valence electrons. The van der Waals surface area contributed by atoms with E-state index in [1.54, 1.807) is 46.8 Å². The average molecular weight is 294 g/mol. The van der Waals surface area contributed by atoms with Gasteiger partial charge in [0.15, 0.2) is 0 Å². The minimum Gasteiger partial charge on any atom is -0.459 e. The van der Waals surface area contributed by atoms with E-state index in [0.717, 1.165) is 0 Å². The molecule has 0 aliphatic heterocycles. The summed E-state index contributed by atoms with van der Waals surface area (Å²) in [6, 6.07) is 3.16. The Morgan fingerprint density at radius 3 is 2.57 bits per heavy atom. The van der Waals surface area contributed by atoms with Gasteiger partial charge in [-0.3, -0.25) is 4.98 Å². The molecule has 1 rings (SSSR count). The zero-order valence-corrected chi connectivity index (χ0v) is 13.1. The topological polar surface area (TPSA) is 77.5 Å². The molecule has 21 heavy (non-hydrogen) atoms. The predicted molar refractivity (Wildman–Crippen MR) is 77.9 cm³/mol. The fourth-order valence-electron chi connectivity index (χ4n) is 1.46. The van der Waals surface area contributed by atoms with Crippen LogP contribution in [0.3, 0.4) is 0 Å². The van der Waals surface area contributed by atoms with Crippen LogP contribution in [0.2, 0.25) is 0 Å². The summed E-state index contributed by atoms with van der Waals surface area (Å²) in [5, 5.41) is 2.59. The van der Waals surface area contributed by atoms with Crippen LogP contribution in [0.5, 0.6) is 0 Å². The summed E-state index contributed by atoms with van der Waals surface area (Å²) in [6.45, 7) is 9.10. The molecule has 0 atom stereocenters. The van der Waals surface area contributed by atoms with Crippen LogP contribution in [0, 0.1) is 0 Å². The average Bonchev–Trinajstić information content (AvgIpc) is 2.34. The Labute approximate surface area is 124 Å². The molecular weight excluding hydrogens is 272 g/mol. The van der Waals surface area contributed by atoms with Gasteiger partial charge in [0.1, 0.15) is 5.60 Å². The van der Waals surface area contributed by atoms with Crippen molar-refractivity contribution in [3.8, 4) is 0 Å². The largest absolute Gasteiger partial charge is 0.459 e. The highest BCUT2D eigenvalue weighted by Crippen LogP contribution is 2.08. The lowest BCUT2D eigenvalue weighted by Gasteiger charge is -2.19. The summed E-state index contributed by atoms with van der Waals surface area (Å²) in [5.41, 5.74) is 0.402. The maximum atomic E-state index is 11.8. The normalized spacial score (nSPS) is 11.1. The van der Waals surface area contributed by atoms with Gasteiger partial charge in [-0.2, -0.15) is 0 Å². The molecule has 0 bridgehead atoms. The number of nitrogens with zero attached hydrogens (tertiary/aromatic N) is 1. The molecular formula is C15H22N2O4. The lowest BCUT2D eigenvalue weighted by Crippen LogP contribution is -2.32. The van der Waals surface area contributed by atoms with E-state index in [1.807, 2.05) is 0 Å². The molecule has 0 spiro atoms. The Bertz CT molecular complexity index is 507. The third-order valence-corrected chi connectivity index (χ3v) is 2.21.